The molecule has 1 saturated heterocycles. The van der Waals surface area contributed by atoms with Gasteiger partial charge in [-0.1, -0.05) is 19.1 Å². The fourth-order valence-electron chi connectivity index (χ4n) is 2.64. The molecule has 1 aliphatic rings. The molecule has 1 unspecified atom stereocenters. The van der Waals surface area contributed by atoms with Crippen molar-refractivity contribution in [2.24, 2.45) is 5.92 Å². The predicted octanol–water partition coefficient (Wildman–Crippen LogP) is 2.97. The maximum absolute atomic E-state index is 12.6. The van der Waals surface area contributed by atoms with E-state index in [0.29, 0.717) is 23.8 Å². The zero-order valence-electron chi connectivity index (χ0n) is 13.0. The van der Waals surface area contributed by atoms with Crippen LogP contribution in [0.5, 0.6) is 5.75 Å². The van der Waals surface area contributed by atoms with Gasteiger partial charge >= 0.3 is 0 Å². The first-order valence-corrected chi connectivity index (χ1v) is 7.85. The number of nitrogens with zero attached hydrogens (tertiary/aromatic N) is 1. The van der Waals surface area contributed by atoms with Gasteiger partial charge in [0.15, 0.2) is 0 Å². The first-order chi connectivity index (χ1) is 10.3. The van der Waals surface area contributed by atoms with E-state index in [9.17, 15) is 4.79 Å². The minimum absolute atomic E-state index is 0.0667. The van der Waals surface area contributed by atoms with Crippen molar-refractivity contribution in [2.45, 2.75) is 26.7 Å². The van der Waals surface area contributed by atoms with Crippen molar-refractivity contribution >= 4 is 5.91 Å². The van der Waals surface area contributed by atoms with E-state index in [1.54, 1.807) is 0 Å². The third kappa shape index (κ3) is 4.21. The summed E-state index contributed by atoms with van der Waals surface area (Å²) in [5.41, 5.74) is 0.662. The van der Waals surface area contributed by atoms with Crippen LogP contribution >= 0.6 is 0 Å². The Hall–Kier alpha value is -1.55. The lowest BCUT2D eigenvalue weighted by Crippen LogP contribution is -2.29. The Morgan fingerprint density at radius 1 is 1.33 bits per heavy atom. The van der Waals surface area contributed by atoms with Gasteiger partial charge in [0.25, 0.3) is 5.91 Å². The third-order valence-corrected chi connectivity index (χ3v) is 3.69. The van der Waals surface area contributed by atoms with Crippen LogP contribution in [0.1, 0.15) is 37.0 Å². The molecule has 0 N–H and O–H groups in total. The number of carbonyl (C=O) groups excluding carboxylic acids is 1. The average Bonchev–Trinajstić information content (AvgIpc) is 2.97. The van der Waals surface area contributed by atoms with Crippen LogP contribution in [0.25, 0.3) is 0 Å². The van der Waals surface area contributed by atoms with Crippen molar-refractivity contribution in [2.75, 3.05) is 32.9 Å². The van der Waals surface area contributed by atoms with Crippen LogP contribution < -0.4 is 4.74 Å². The quantitative estimate of drug-likeness (QED) is 0.725. The summed E-state index contributed by atoms with van der Waals surface area (Å²) in [7, 11) is 0. The van der Waals surface area contributed by atoms with Crippen LogP contribution in [-0.2, 0) is 4.74 Å². The fraction of sp³-hybridized carbons (Fsp3) is 0.588. The highest BCUT2D eigenvalue weighted by atomic mass is 16.5. The number of hydrogen-bond acceptors (Lipinski definition) is 3. The van der Waals surface area contributed by atoms with Gasteiger partial charge in [0.05, 0.1) is 18.8 Å². The minimum atomic E-state index is 0.0667. The number of likely N-dealkylation sites (tertiary alicyclic amines) is 1. The molecule has 1 aromatic carbocycles. The molecule has 1 aromatic rings. The molecular weight excluding hydrogens is 266 g/mol. The summed E-state index contributed by atoms with van der Waals surface area (Å²) in [4.78, 5) is 14.5. The number of benzene rings is 1. The first-order valence-electron chi connectivity index (χ1n) is 7.85. The van der Waals surface area contributed by atoms with Crippen molar-refractivity contribution in [1.29, 1.82) is 0 Å². The van der Waals surface area contributed by atoms with Crippen molar-refractivity contribution < 1.29 is 14.3 Å². The van der Waals surface area contributed by atoms with Crippen LogP contribution in [0, 0.1) is 5.92 Å². The number of rotatable bonds is 7. The minimum Gasteiger partial charge on any atom is -0.493 e. The third-order valence-electron chi connectivity index (χ3n) is 3.69. The van der Waals surface area contributed by atoms with Crippen molar-refractivity contribution in [3.8, 4) is 5.75 Å². The number of hydrogen-bond donors (Lipinski definition) is 0. The van der Waals surface area contributed by atoms with Crippen LogP contribution in [0.3, 0.4) is 0 Å². The summed E-state index contributed by atoms with van der Waals surface area (Å²) in [6.45, 7) is 7.75. The van der Waals surface area contributed by atoms with Crippen LogP contribution in [0.2, 0.25) is 0 Å². The summed E-state index contributed by atoms with van der Waals surface area (Å²) in [6, 6.07) is 7.48. The molecule has 116 valence electrons. The maximum atomic E-state index is 12.6. The Labute approximate surface area is 127 Å². The Morgan fingerprint density at radius 3 is 2.90 bits per heavy atom. The molecule has 1 heterocycles. The summed E-state index contributed by atoms with van der Waals surface area (Å²) >= 11 is 0. The molecule has 0 saturated carbocycles. The lowest BCUT2D eigenvalue weighted by Gasteiger charge is -2.18. The van der Waals surface area contributed by atoms with Gasteiger partial charge in [-0.3, -0.25) is 4.79 Å². The number of amides is 1. The normalized spacial score (nSPS) is 18.0. The molecule has 1 amide bonds. The molecule has 1 atom stereocenters. The van der Waals surface area contributed by atoms with E-state index in [1.165, 1.54) is 0 Å². The van der Waals surface area contributed by atoms with Crippen molar-refractivity contribution in [3.63, 3.8) is 0 Å². The van der Waals surface area contributed by atoms with E-state index in [2.05, 4.69) is 6.92 Å². The van der Waals surface area contributed by atoms with Crippen LogP contribution in [0.4, 0.5) is 0 Å². The summed E-state index contributed by atoms with van der Waals surface area (Å²) in [5.74, 6) is 1.20. The molecule has 0 aromatic heterocycles. The second-order valence-corrected chi connectivity index (χ2v) is 5.41. The van der Waals surface area contributed by atoms with E-state index < -0.39 is 0 Å². The Morgan fingerprint density at radius 2 is 2.14 bits per heavy atom. The summed E-state index contributed by atoms with van der Waals surface area (Å²) in [5, 5.41) is 0. The lowest BCUT2D eigenvalue weighted by molar-refractivity contribution is 0.0751. The van der Waals surface area contributed by atoms with Gasteiger partial charge in [0.1, 0.15) is 5.75 Å². The zero-order chi connectivity index (χ0) is 15.1. The first kappa shape index (κ1) is 15.8. The van der Waals surface area contributed by atoms with E-state index in [0.717, 1.165) is 39.1 Å². The smallest absolute Gasteiger partial charge is 0.257 e. The number of para-hydroxylation sites is 1. The van der Waals surface area contributed by atoms with Crippen molar-refractivity contribution in [1.82, 2.24) is 4.90 Å². The number of carbonyl (C=O) groups is 1. The topological polar surface area (TPSA) is 38.8 Å². The molecule has 2 rings (SSSR count). The van der Waals surface area contributed by atoms with E-state index in [4.69, 9.17) is 9.47 Å². The number of ether oxygens (including phenoxy) is 2. The maximum Gasteiger partial charge on any atom is 0.257 e. The molecule has 4 heteroatoms. The Bertz CT molecular complexity index is 461. The summed E-state index contributed by atoms with van der Waals surface area (Å²) < 4.78 is 11.2. The van der Waals surface area contributed by atoms with E-state index in [1.807, 2.05) is 36.1 Å². The molecule has 21 heavy (non-hydrogen) atoms. The second kappa shape index (κ2) is 8.03. The van der Waals surface area contributed by atoms with E-state index in [-0.39, 0.29) is 5.91 Å². The molecule has 0 aliphatic carbocycles. The van der Waals surface area contributed by atoms with Gasteiger partial charge in [0.2, 0.25) is 0 Å². The summed E-state index contributed by atoms with van der Waals surface area (Å²) in [6.07, 6.45) is 2.06. The van der Waals surface area contributed by atoms with Gasteiger partial charge in [0, 0.05) is 25.6 Å². The zero-order valence-corrected chi connectivity index (χ0v) is 13.0. The molecule has 1 aliphatic heterocycles. The van der Waals surface area contributed by atoms with Gasteiger partial charge in [-0.2, -0.15) is 0 Å². The predicted molar refractivity (Wildman–Crippen MR) is 82.7 cm³/mol. The molecule has 0 spiro atoms. The second-order valence-electron chi connectivity index (χ2n) is 5.41. The molecule has 1 fully saturated rings. The van der Waals surface area contributed by atoms with Gasteiger partial charge in [-0.15, -0.1) is 0 Å². The van der Waals surface area contributed by atoms with Gasteiger partial charge in [-0.05, 0) is 31.9 Å². The highest BCUT2D eigenvalue weighted by molar-refractivity contribution is 5.97. The highest BCUT2D eigenvalue weighted by Crippen LogP contribution is 2.24. The van der Waals surface area contributed by atoms with Gasteiger partial charge < -0.3 is 14.4 Å². The molecular formula is C17H25NO3. The van der Waals surface area contributed by atoms with Crippen LogP contribution in [0.15, 0.2) is 24.3 Å². The van der Waals surface area contributed by atoms with Gasteiger partial charge in [-0.25, -0.2) is 0 Å². The van der Waals surface area contributed by atoms with E-state index >= 15 is 0 Å². The highest BCUT2D eigenvalue weighted by Gasteiger charge is 2.28. The Kier molecular flexibility index (Phi) is 6.05. The fourth-order valence-corrected chi connectivity index (χ4v) is 2.64. The average molecular weight is 291 g/mol. The van der Waals surface area contributed by atoms with Crippen LogP contribution in [-0.4, -0.2) is 43.7 Å². The monoisotopic (exact) mass is 291 g/mol. The SMILES string of the molecule is CCCOCC1CCN(C(=O)c2ccccc2OCC)C1. The van der Waals surface area contributed by atoms with Crippen molar-refractivity contribution in [3.05, 3.63) is 29.8 Å². The molecule has 0 radical (unpaired) electrons. The standard InChI is InChI=1S/C17H25NO3/c1-3-11-20-13-14-9-10-18(12-14)17(19)15-7-5-6-8-16(15)21-4-2/h5-8,14H,3-4,9-13H2,1-2H3. The molecule has 4 nitrogen and oxygen atoms in total. The largest absolute Gasteiger partial charge is 0.493 e. The lowest BCUT2D eigenvalue weighted by atomic mass is 10.1. The Balaban J connectivity index is 1.95. The molecule has 0 bridgehead atoms.